The lowest BCUT2D eigenvalue weighted by molar-refractivity contribution is -0.137. The van der Waals surface area contributed by atoms with E-state index in [1.165, 1.54) is 25.1 Å². The van der Waals surface area contributed by atoms with E-state index in [2.05, 4.69) is 31.9 Å². The number of carbonyl (C=O) groups is 2. The van der Waals surface area contributed by atoms with Crippen molar-refractivity contribution in [3.8, 4) is 0 Å². The van der Waals surface area contributed by atoms with Crippen molar-refractivity contribution >= 4 is 33.6 Å². The van der Waals surface area contributed by atoms with Crippen LogP contribution in [0, 0.1) is 0 Å². The molecule has 28 heavy (non-hydrogen) atoms. The average Bonchev–Trinajstić information content (AvgIpc) is 2.61. The van der Waals surface area contributed by atoms with Gasteiger partial charge in [-0.05, 0) is 36.8 Å². The lowest BCUT2D eigenvalue weighted by Crippen LogP contribution is -2.46. The number of hydrogen-bond donors (Lipinski definition) is 3. The summed E-state index contributed by atoms with van der Waals surface area (Å²) in [6, 6.07) is 10.3. The summed E-state index contributed by atoms with van der Waals surface area (Å²) < 4.78 is 40.4. The Labute approximate surface area is 167 Å². The van der Waals surface area contributed by atoms with E-state index in [4.69, 9.17) is 0 Å². The van der Waals surface area contributed by atoms with Crippen molar-refractivity contribution in [2.45, 2.75) is 19.1 Å². The molecule has 0 radical (unpaired) electrons. The van der Waals surface area contributed by atoms with Gasteiger partial charge in [-0.25, -0.2) is 4.79 Å². The zero-order valence-electron chi connectivity index (χ0n) is 14.5. The fraction of sp³-hybridized carbons (Fsp3) is 0.158. The van der Waals surface area contributed by atoms with Crippen LogP contribution in [0.15, 0.2) is 64.3 Å². The number of urea groups is 1. The van der Waals surface area contributed by atoms with Crippen LogP contribution in [0.3, 0.4) is 0 Å². The Kier molecular flexibility index (Phi) is 5.46. The molecule has 0 bridgehead atoms. The Bertz CT molecular complexity index is 956. The van der Waals surface area contributed by atoms with Crippen molar-refractivity contribution in [1.82, 2.24) is 10.6 Å². The van der Waals surface area contributed by atoms with Gasteiger partial charge in [-0.1, -0.05) is 40.2 Å². The van der Waals surface area contributed by atoms with Gasteiger partial charge in [0, 0.05) is 10.2 Å². The van der Waals surface area contributed by atoms with Gasteiger partial charge in [0.05, 0.1) is 22.9 Å². The Morgan fingerprint density at radius 2 is 1.75 bits per heavy atom. The van der Waals surface area contributed by atoms with Gasteiger partial charge in [-0.15, -0.1) is 0 Å². The minimum absolute atomic E-state index is 0.124. The third-order valence-electron chi connectivity index (χ3n) is 4.20. The van der Waals surface area contributed by atoms with Gasteiger partial charge in [-0.2, -0.15) is 13.2 Å². The van der Waals surface area contributed by atoms with Crippen molar-refractivity contribution in [2.24, 2.45) is 0 Å². The molecule has 9 heteroatoms. The van der Waals surface area contributed by atoms with E-state index in [1.54, 1.807) is 24.3 Å². The first-order chi connectivity index (χ1) is 13.2. The third kappa shape index (κ3) is 4.19. The number of nitrogens with one attached hydrogen (secondary N) is 3. The number of anilines is 1. The average molecular weight is 454 g/mol. The highest BCUT2D eigenvalue weighted by Gasteiger charge is 2.35. The van der Waals surface area contributed by atoms with Gasteiger partial charge in [0.25, 0.3) is 5.91 Å². The van der Waals surface area contributed by atoms with Crippen molar-refractivity contribution in [1.29, 1.82) is 0 Å². The maximum Gasteiger partial charge on any atom is 0.418 e. The van der Waals surface area contributed by atoms with E-state index >= 15 is 0 Å². The molecule has 0 unspecified atom stereocenters. The van der Waals surface area contributed by atoms with Crippen molar-refractivity contribution in [3.63, 3.8) is 0 Å². The lowest BCUT2D eigenvalue weighted by Gasteiger charge is -2.29. The second kappa shape index (κ2) is 7.67. The summed E-state index contributed by atoms with van der Waals surface area (Å²) in [5.74, 6) is -0.741. The summed E-state index contributed by atoms with van der Waals surface area (Å²) in [6.45, 7) is 1.52. The van der Waals surface area contributed by atoms with E-state index in [-0.39, 0.29) is 17.0 Å². The van der Waals surface area contributed by atoms with Crippen LogP contribution >= 0.6 is 15.9 Å². The molecule has 0 aliphatic carbocycles. The molecule has 3 amide bonds. The molecule has 3 rings (SSSR count). The van der Waals surface area contributed by atoms with Gasteiger partial charge in [-0.3, -0.25) is 4.79 Å². The SMILES string of the molecule is CC1=C(C(=O)Nc2ccccc2C(F)(F)F)[C@H](c2ccc(Br)cc2)NC(=O)N1. The number of rotatable bonds is 3. The number of benzene rings is 2. The summed E-state index contributed by atoms with van der Waals surface area (Å²) in [7, 11) is 0. The maximum absolute atomic E-state index is 13.2. The summed E-state index contributed by atoms with van der Waals surface area (Å²) in [6.07, 6.45) is -4.61. The number of alkyl halides is 3. The standard InChI is InChI=1S/C19H15BrF3N3O2/c1-10-15(16(26-18(28)24-10)11-6-8-12(20)9-7-11)17(27)25-14-5-3-2-4-13(14)19(21,22)23/h2-9,16H,1H3,(H,25,27)(H2,24,26,28)/t16-/m0/s1. The Balaban J connectivity index is 1.98. The van der Waals surface area contributed by atoms with Crippen molar-refractivity contribution in [3.05, 3.63) is 75.4 Å². The lowest BCUT2D eigenvalue weighted by atomic mass is 9.94. The summed E-state index contributed by atoms with van der Waals surface area (Å²) in [5, 5.41) is 7.45. The van der Waals surface area contributed by atoms with Crippen LogP contribution in [0.25, 0.3) is 0 Å². The highest BCUT2D eigenvalue weighted by molar-refractivity contribution is 9.10. The van der Waals surface area contributed by atoms with E-state index in [9.17, 15) is 22.8 Å². The fourth-order valence-corrected chi connectivity index (χ4v) is 3.19. The molecule has 1 aliphatic heterocycles. The minimum atomic E-state index is -4.61. The monoisotopic (exact) mass is 453 g/mol. The Morgan fingerprint density at radius 1 is 1.11 bits per heavy atom. The van der Waals surface area contributed by atoms with Gasteiger partial charge in [0.1, 0.15) is 0 Å². The zero-order chi connectivity index (χ0) is 20.5. The number of hydrogen-bond acceptors (Lipinski definition) is 2. The van der Waals surface area contributed by atoms with Crippen LogP contribution in [0.5, 0.6) is 0 Å². The van der Waals surface area contributed by atoms with Crippen molar-refractivity contribution < 1.29 is 22.8 Å². The van der Waals surface area contributed by atoms with E-state index in [0.717, 1.165) is 10.5 Å². The number of halogens is 4. The number of amides is 3. The van der Waals surface area contributed by atoms with Crippen LogP contribution in [0.2, 0.25) is 0 Å². The highest BCUT2D eigenvalue weighted by Crippen LogP contribution is 2.35. The zero-order valence-corrected chi connectivity index (χ0v) is 16.1. The second-order valence-electron chi connectivity index (χ2n) is 6.12. The first-order valence-electron chi connectivity index (χ1n) is 8.18. The molecule has 2 aromatic carbocycles. The first-order valence-corrected chi connectivity index (χ1v) is 8.97. The first kappa shape index (κ1) is 19.9. The molecule has 0 aromatic heterocycles. The molecule has 0 saturated carbocycles. The molecule has 1 heterocycles. The Morgan fingerprint density at radius 3 is 2.39 bits per heavy atom. The van der Waals surface area contributed by atoms with Gasteiger partial charge in [0.2, 0.25) is 0 Å². The quantitative estimate of drug-likeness (QED) is 0.628. The second-order valence-corrected chi connectivity index (χ2v) is 7.03. The maximum atomic E-state index is 13.2. The predicted molar refractivity (Wildman–Crippen MR) is 101 cm³/mol. The molecule has 0 spiro atoms. The molecular weight excluding hydrogens is 439 g/mol. The molecule has 3 N–H and O–H groups in total. The predicted octanol–water partition coefficient (Wildman–Crippen LogP) is 4.73. The summed E-state index contributed by atoms with van der Waals surface area (Å²) >= 11 is 3.31. The van der Waals surface area contributed by atoms with E-state index < -0.39 is 29.7 Å². The van der Waals surface area contributed by atoms with Crippen molar-refractivity contribution in [2.75, 3.05) is 5.32 Å². The van der Waals surface area contributed by atoms with Crippen LogP contribution in [-0.2, 0) is 11.0 Å². The molecular formula is C19H15BrF3N3O2. The molecule has 2 aromatic rings. The molecule has 1 atom stereocenters. The smallest absolute Gasteiger partial charge is 0.327 e. The molecule has 1 aliphatic rings. The van der Waals surface area contributed by atoms with Crippen LogP contribution in [-0.4, -0.2) is 11.9 Å². The van der Waals surface area contributed by atoms with E-state index in [1.807, 2.05) is 0 Å². The van der Waals surface area contributed by atoms with E-state index in [0.29, 0.717) is 5.56 Å². The van der Waals surface area contributed by atoms with Crippen LogP contribution < -0.4 is 16.0 Å². The van der Waals surface area contributed by atoms with Gasteiger partial charge >= 0.3 is 12.2 Å². The number of para-hydroxylation sites is 1. The highest BCUT2D eigenvalue weighted by atomic mass is 79.9. The minimum Gasteiger partial charge on any atom is -0.327 e. The number of carbonyl (C=O) groups excluding carboxylic acids is 2. The molecule has 0 saturated heterocycles. The molecule has 5 nitrogen and oxygen atoms in total. The normalized spacial score (nSPS) is 17.0. The van der Waals surface area contributed by atoms with Gasteiger partial charge in [0.15, 0.2) is 0 Å². The number of allylic oxidation sites excluding steroid dienone is 1. The largest absolute Gasteiger partial charge is 0.418 e. The Hall–Kier alpha value is -2.81. The fourth-order valence-electron chi connectivity index (χ4n) is 2.93. The summed E-state index contributed by atoms with van der Waals surface area (Å²) in [4.78, 5) is 24.8. The third-order valence-corrected chi connectivity index (χ3v) is 4.73. The molecule has 0 fully saturated rings. The topological polar surface area (TPSA) is 70.2 Å². The van der Waals surface area contributed by atoms with Gasteiger partial charge < -0.3 is 16.0 Å². The molecule has 146 valence electrons. The summed E-state index contributed by atoms with van der Waals surface area (Å²) in [5.41, 5.74) is -0.300. The van der Waals surface area contributed by atoms with Crippen LogP contribution in [0.1, 0.15) is 24.1 Å². The van der Waals surface area contributed by atoms with Crippen LogP contribution in [0.4, 0.5) is 23.7 Å².